The highest BCUT2D eigenvalue weighted by molar-refractivity contribution is 6.11. The van der Waals surface area contributed by atoms with Gasteiger partial charge in [-0.2, -0.15) is 0 Å². The van der Waals surface area contributed by atoms with Crippen molar-refractivity contribution in [2.45, 2.75) is 0 Å². The molecule has 264 valence electrons. The van der Waals surface area contributed by atoms with E-state index in [-0.39, 0.29) is 0 Å². The zero-order valence-electron chi connectivity index (χ0n) is 30.0. The molecule has 0 saturated heterocycles. The average molecular weight is 722 g/mol. The van der Waals surface area contributed by atoms with Gasteiger partial charge in [0.25, 0.3) is 0 Å². The maximum Gasteiger partial charge on any atom is 0.179 e. The van der Waals surface area contributed by atoms with Crippen molar-refractivity contribution in [3.05, 3.63) is 182 Å². The molecule has 10 rings (SSSR count). The van der Waals surface area contributed by atoms with E-state index < -0.39 is 0 Å². The number of hydrogen-bond donors (Lipinski definition) is 0. The van der Waals surface area contributed by atoms with Crippen LogP contribution in [-0.4, -0.2) is 24.9 Å². The molecule has 7 heteroatoms. The second-order valence-electron chi connectivity index (χ2n) is 13.3. The first-order valence-electron chi connectivity index (χ1n) is 18.3. The van der Waals surface area contributed by atoms with Crippen LogP contribution in [-0.2, 0) is 0 Å². The molecular formula is C49H31N5O2. The highest BCUT2D eigenvalue weighted by Crippen LogP contribution is 2.39. The first-order valence-corrected chi connectivity index (χ1v) is 18.3. The van der Waals surface area contributed by atoms with Gasteiger partial charge in [0.05, 0.1) is 5.56 Å². The predicted molar refractivity (Wildman–Crippen MR) is 226 cm³/mol. The highest BCUT2D eigenvalue weighted by Gasteiger charge is 2.20. The standard InChI is InChI=1S/C49H31N5O2/c1-2-3-4-11-25-40-45-43(37-22-12-13-26-41(37)56-45)51-49(50-40)38-24-15-23-36-39-30-35(27-28-42(39)55-44(36)38)48-53-46(32-18-9-6-10-19-32)52-47(54-48)34-21-14-20-33(29-34)31-16-7-5-8-17-31/h2-30H,1H2/b4-3-,25-11+. The summed E-state index contributed by atoms with van der Waals surface area (Å²) in [5.41, 5.74) is 9.83. The molecule has 0 saturated carbocycles. The second-order valence-corrected chi connectivity index (χ2v) is 13.3. The van der Waals surface area contributed by atoms with E-state index >= 15 is 0 Å². The van der Waals surface area contributed by atoms with E-state index in [1.54, 1.807) is 6.08 Å². The quantitative estimate of drug-likeness (QED) is 0.144. The lowest BCUT2D eigenvalue weighted by atomic mass is 10.0. The minimum Gasteiger partial charge on any atom is -0.455 e. The van der Waals surface area contributed by atoms with Crippen LogP contribution in [0.3, 0.4) is 0 Å². The SMILES string of the molecule is C=C/C=C\C=C\c1nc(-c2cccc3c2oc2ccc(-c4nc(-c5ccccc5)nc(-c5cccc(-c6ccccc6)c5)n4)cc23)nc2c1oc1ccccc12. The summed E-state index contributed by atoms with van der Waals surface area (Å²) in [6.45, 7) is 3.77. The zero-order valence-corrected chi connectivity index (χ0v) is 30.0. The molecule has 0 aliphatic heterocycles. The van der Waals surface area contributed by atoms with Crippen LogP contribution in [0.15, 0.2) is 185 Å². The molecule has 0 aliphatic rings. The third-order valence-corrected chi connectivity index (χ3v) is 9.75. The van der Waals surface area contributed by atoms with Crippen molar-refractivity contribution < 1.29 is 8.83 Å². The van der Waals surface area contributed by atoms with Crippen LogP contribution in [0, 0.1) is 0 Å². The maximum absolute atomic E-state index is 6.61. The number of hydrogen-bond acceptors (Lipinski definition) is 7. The summed E-state index contributed by atoms with van der Waals surface area (Å²) < 4.78 is 12.9. The number of rotatable bonds is 8. The molecule has 0 N–H and O–H groups in total. The number of aromatic nitrogens is 5. The lowest BCUT2D eigenvalue weighted by Crippen LogP contribution is -2.00. The molecular weight excluding hydrogens is 691 g/mol. The van der Waals surface area contributed by atoms with Gasteiger partial charge in [-0.1, -0.05) is 134 Å². The van der Waals surface area contributed by atoms with Crippen molar-refractivity contribution >= 4 is 50.1 Å². The van der Waals surface area contributed by atoms with Crippen molar-refractivity contribution in [2.75, 3.05) is 0 Å². The Bertz CT molecular complexity index is 3160. The molecule has 0 fully saturated rings. The van der Waals surface area contributed by atoms with Crippen LogP contribution in [0.4, 0.5) is 0 Å². The Morgan fingerprint density at radius 2 is 1.04 bits per heavy atom. The van der Waals surface area contributed by atoms with E-state index in [9.17, 15) is 0 Å². The summed E-state index contributed by atoms with van der Waals surface area (Å²) in [4.78, 5) is 25.1. The van der Waals surface area contributed by atoms with Crippen LogP contribution < -0.4 is 0 Å². The van der Waals surface area contributed by atoms with Crippen molar-refractivity contribution in [1.82, 2.24) is 24.9 Å². The van der Waals surface area contributed by atoms with Crippen LogP contribution in [0.2, 0.25) is 0 Å². The van der Waals surface area contributed by atoms with E-state index in [4.69, 9.17) is 33.8 Å². The summed E-state index contributed by atoms with van der Waals surface area (Å²) in [5.74, 6) is 2.29. The Morgan fingerprint density at radius 1 is 0.411 bits per heavy atom. The smallest absolute Gasteiger partial charge is 0.179 e. The topological polar surface area (TPSA) is 90.7 Å². The molecule has 0 amide bonds. The average Bonchev–Trinajstić information content (AvgIpc) is 3.84. The summed E-state index contributed by atoms with van der Waals surface area (Å²) in [6, 6.07) is 48.7. The van der Waals surface area contributed by atoms with E-state index in [1.165, 1.54) is 0 Å². The third-order valence-electron chi connectivity index (χ3n) is 9.75. The van der Waals surface area contributed by atoms with Crippen molar-refractivity contribution in [3.63, 3.8) is 0 Å². The predicted octanol–water partition coefficient (Wildman–Crippen LogP) is 12.6. The van der Waals surface area contributed by atoms with Crippen LogP contribution >= 0.6 is 0 Å². The molecule has 56 heavy (non-hydrogen) atoms. The number of allylic oxidation sites excluding steroid dienone is 4. The number of nitrogens with zero attached hydrogens (tertiary/aromatic N) is 5. The molecule has 6 aromatic carbocycles. The van der Waals surface area contributed by atoms with Gasteiger partial charge in [0.15, 0.2) is 28.9 Å². The molecule has 0 atom stereocenters. The van der Waals surface area contributed by atoms with Gasteiger partial charge in [0, 0.05) is 32.8 Å². The number of furan rings is 2. The van der Waals surface area contributed by atoms with E-state index in [1.807, 2.05) is 133 Å². The largest absolute Gasteiger partial charge is 0.455 e. The summed E-state index contributed by atoms with van der Waals surface area (Å²) in [7, 11) is 0. The van der Waals surface area contributed by atoms with Gasteiger partial charge >= 0.3 is 0 Å². The van der Waals surface area contributed by atoms with Gasteiger partial charge in [-0.15, -0.1) is 0 Å². The van der Waals surface area contributed by atoms with Crippen LogP contribution in [0.1, 0.15) is 5.69 Å². The molecule has 7 nitrogen and oxygen atoms in total. The van der Waals surface area contributed by atoms with E-state index in [0.717, 1.165) is 66.2 Å². The van der Waals surface area contributed by atoms with Crippen LogP contribution in [0.25, 0.3) is 107 Å². The van der Waals surface area contributed by atoms with E-state index in [2.05, 4.69) is 43.0 Å². The Balaban J connectivity index is 1.12. The Labute approximate surface area is 321 Å². The molecule has 0 radical (unpaired) electrons. The van der Waals surface area contributed by atoms with Crippen molar-refractivity contribution in [1.29, 1.82) is 0 Å². The van der Waals surface area contributed by atoms with Gasteiger partial charge in [-0.05, 0) is 59.7 Å². The normalized spacial score (nSPS) is 11.9. The fourth-order valence-corrected chi connectivity index (χ4v) is 7.07. The fraction of sp³-hybridized carbons (Fsp3) is 0. The summed E-state index contributed by atoms with van der Waals surface area (Å²) in [6.07, 6.45) is 9.33. The lowest BCUT2D eigenvalue weighted by molar-refractivity contribution is 0.663. The van der Waals surface area contributed by atoms with E-state index in [0.29, 0.717) is 40.2 Å². The zero-order chi connectivity index (χ0) is 37.4. The van der Waals surface area contributed by atoms with Crippen molar-refractivity contribution in [3.8, 4) is 56.7 Å². The number of para-hydroxylation sites is 2. The van der Waals surface area contributed by atoms with Gasteiger partial charge in [-0.3, -0.25) is 0 Å². The van der Waals surface area contributed by atoms with Crippen molar-refractivity contribution in [2.24, 2.45) is 0 Å². The molecule has 0 aliphatic carbocycles. The fourth-order valence-electron chi connectivity index (χ4n) is 7.07. The first-order chi connectivity index (χ1) is 27.7. The molecule has 4 aromatic heterocycles. The lowest BCUT2D eigenvalue weighted by Gasteiger charge is -2.10. The Hall–Kier alpha value is -7.77. The monoisotopic (exact) mass is 721 g/mol. The molecule has 0 bridgehead atoms. The van der Waals surface area contributed by atoms with Gasteiger partial charge in [-0.25, -0.2) is 24.9 Å². The molecule has 0 unspecified atom stereocenters. The third kappa shape index (κ3) is 5.94. The summed E-state index contributed by atoms with van der Waals surface area (Å²) in [5, 5.41) is 2.78. The highest BCUT2D eigenvalue weighted by atomic mass is 16.3. The maximum atomic E-state index is 6.61. The second kappa shape index (κ2) is 13.9. The first kappa shape index (κ1) is 32.8. The molecule has 10 aromatic rings. The molecule has 4 heterocycles. The molecule has 0 spiro atoms. The number of benzene rings is 6. The Kier molecular flexibility index (Phi) is 8.15. The summed E-state index contributed by atoms with van der Waals surface area (Å²) >= 11 is 0. The minimum atomic E-state index is 0.536. The number of fused-ring (bicyclic) bond motifs is 6. The minimum absolute atomic E-state index is 0.536. The Morgan fingerprint density at radius 3 is 1.84 bits per heavy atom. The van der Waals surface area contributed by atoms with Gasteiger partial charge in [0.1, 0.15) is 28.0 Å². The van der Waals surface area contributed by atoms with Crippen LogP contribution in [0.5, 0.6) is 0 Å². The van der Waals surface area contributed by atoms with Gasteiger partial charge < -0.3 is 8.83 Å². The van der Waals surface area contributed by atoms with Gasteiger partial charge in [0.2, 0.25) is 0 Å².